The Bertz CT molecular complexity index is 2650. The first kappa shape index (κ1) is 69.3. The molecule has 0 aliphatic rings. The zero-order valence-corrected chi connectivity index (χ0v) is 50.3. The van der Waals surface area contributed by atoms with Crippen LogP contribution in [0.2, 0.25) is 0 Å². The molecule has 34 heteroatoms. The Labute approximate surface area is 502 Å². The number of carbonyl (C=O) groups excluding carboxylic acids is 7. The molecule has 2 rings (SSSR count). The fourth-order valence-corrected chi connectivity index (χ4v) is 10.9. The van der Waals surface area contributed by atoms with E-state index in [-0.39, 0.29) is 12.8 Å². The Morgan fingerprint density at radius 1 is 0.430 bits per heavy atom. The van der Waals surface area contributed by atoms with Crippen LogP contribution in [0.5, 0.6) is 0 Å². The number of rotatable bonds is 37. The van der Waals surface area contributed by atoms with Crippen LogP contribution >= 0.6 is 90.4 Å². The number of imidazole rings is 1. The van der Waals surface area contributed by atoms with E-state index >= 15 is 0 Å². The maximum absolute atomic E-state index is 13.5. The van der Waals surface area contributed by atoms with E-state index in [0.29, 0.717) is 32.2 Å². The predicted molar refractivity (Wildman–Crippen MR) is 302 cm³/mol. The van der Waals surface area contributed by atoms with Crippen LogP contribution in [0.4, 0.5) is 0 Å². The van der Waals surface area contributed by atoms with Crippen molar-refractivity contribution in [1.82, 2.24) is 46.8 Å². The van der Waals surface area contributed by atoms with Crippen LogP contribution < -0.4 is 37.2 Å². The molecule has 0 bridgehead atoms. The van der Waals surface area contributed by atoms with Crippen LogP contribution in [0.1, 0.15) is 103 Å². The van der Waals surface area contributed by atoms with E-state index in [1.54, 1.807) is 13.3 Å². The van der Waals surface area contributed by atoms with Gasteiger partial charge in [-0.1, -0.05) is 39.0 Å². The number of carbonyl (C=O) groups is 14. The Morgan fingerprint density at radius 3 is 1.09 bits per heavy atom. The normalized spacial score (nSPS) is 13.6. The fourth-order valence-electron chi connectivity index (χ4n) is 7.31. The second-order valence-corrected chi connectivity index (χ2v) is 21.8. The van der Waals surface area contributed by atoms with Crippen LogP contribution in [0.25, 0.3) is 11.0 Å². The van der Waals surface area contributed by atoms with Crippen LogP contribution in [0, 0.1) is 14.3 Å². The second-order valence-electron chi connectivity index (χ2n) is 17.5. The van der Waals surface area contributed by atoms with E-state index in [9.17, 15) is 103 Å². The molecule has 2 aromatic rings. The number of benzene rings is 1. The topological polar surface area (TPSA) is 483 Å². The van der Waals surface area contributed by atoms with Gasteiger partial charge in [-0.2, -0.15) is 0 Å². The highest BCUT2D eigenvalue weighted by Crippen LogP contribution is 2.34. The molecule has 0 saturated carbocycles. The highest BCUT2D eigenvalue weighted by Gasteiger charge is 2.37. The number of hydrogen-bond donors (Lipinski definition) is 14. The number of fused-ring (bicyclic) bond motifs is 1. The number of aromatic nitrogens is 2. The summed E-state index contributed by atoms with van der Waals surface area (Å²) < 4.78 is 6.51. The third-order valence-corrected chi connectivity index (χ3v) is 18.5. The molecule has 14 N–H and O–H groups in total. The van der Waals surface area contributed by atoms with Gasteiger partial charge in [-0.15, -0.1) is 0 Å². The molecule has 1 heterocycles. The number of carboxylic acids is 7. The number of amides is 7. The standard InChI is InChI=1S/C45H57I4N9O21/c1-2-3-9-19(45(78)79)52-40(73)21(13-28(62)63)54-42(75)23(15-30(66)67)56-44(77)25(17-32(70)71)57-43(76)24(16-31(68)69)55-41(74)22(14-29(64)65)53-39(72)20(12-27(60)61)51-26(59)10-7-5-4-6-8-11-58-18-50-37-35(48)33(46)34(47)36(49)38(37)58/h18-25H,2-17H2,1H3,(H,51,59)(H,52,73)(H,53,72)(H,54,75)(H,55,74)(H,56,77)(H,57,76)(H,60,61)(H,62,63)(H,64,65)(H,66,67)(H,68,69)(H,70,71)(H,78,79)/t19?,20-,21+,22+,23+,24+,25+/m1/s1. The highest BCUT2D eigenvalue weighted by atomic mass is 127. The molecule has 0 spiro atoms. The van der Waals surface area contributed by atoms with E-state index in [2.05, 4.69) is 111 Å². The molecule has 0 radical (unpaired) electrons. The minimum Gasteiger partial charge on any atom is -0.481 e. The zero-order chi connectivity index (χ0) is 59.8. The summed E-state index contributed by atoms with van der Waals surface area (Å²) in [6, 6.07) is -14.7. The van der Waals surface area contributed by atoms with Gasteiger partial charge < -0.3 is 77.5 Å². The van der Waals surface area contributed by atoms with Crippen molar-refractivity contribution in [3.05, 3.63) is 20.6 Å². The Hall–Kier alpha value is -5.81. The van der Waals surface area contributed by atoms with Crippen molar-refractivity contribution in [2.75, 3.05) is 0 Å². The summed E-state index contributed by atoms with van der Waals surface area (Å²) in [7, 11) is 0. The van der Waals surface area contributed by atoms with Crippen molar-refractivity contribution in [3.8, 4) is 0 Å². The largest absolute Gasteiger partial charge is 0.481 e. The van der Waals surface area contributed by atoms with Gasteiger partial charge >= 0.3 is 41.8 Å². The monoisotopic (exact) mass is 1570 g/mol. The van der Waals surface area contributed by atoms with E-state index in [4.69, 9.17) is 0 Å². The van der Waals surface area contributed by atoms with Gasteiger partial charge in [0, 0.05) is 20.1 Å². The Balaban J connectivity index is 2.20. The summed E-state index contributed by atoms with van der Waals surface area (Å²) in [5.41, 5.74) is 1.95. The first-order valence-electron chi connectivity index (χ1n) is 23.8. The van der Waals surface area contributed by atoms with Gasteiger partial charge in [0.1, 0.15) is 47.8 Å². The molecular weight excluding hydrogens is 1510 g/mol. The summed E-state index contributed by atoms with van der Waals surface area (Å²) in [6.07, 6.45) is -2.11. The molecule has 0 fully saturated rings. The van der Waals surface area contributed by atoms with Crippen molar-refractivity contribution in [2.45, 2.75) is 152 Å². The third-order valence-electron chi connectivity index (χ3n) is 11.2. The van der Waals surface area contributed by atoms with E-state index in [0.717, 1.165) is 44.6 Å². The average Bonchev–Trinajstić information content (AvgIpc) is 3.77. The maximum atomic E-state index is 13.5. The number of aliphatic carboxylic acids is 7. The zero-order valence-electron chi connectivity index (χ0n) is 41.7. The van der Waals surface area contributed by atoms with E-state index < -0.39 is 164 Å². The number of halogens is 4. The van der Waals surface area contributed by atoms with Gasteiger partial charge in [-0.3, -0.25) is 62.3 Å². The molecule has 1 aromatic carbocycles. The summed E-state index contributed by atoms with van der Waals surface area (Å²) in [4.78, 5) is 180. The Kier molecular flexibility index (Phi) is 30.1. The van der Waals surface area contributed by atoms with Gasteiger partial charge in [0.25, 0.3) is 0 Å². The van der Waals surface area contributed by atoms with Crippen LogP contribution in [-0.4, -0.2) is 171 Å². The molecule has 0 aliphatic heterocycles. The number of nitrogens with one attached hydrogen (secondary N) is 7. The molecule has 0 aliphatic carbocycles. The molecule has 1 aromatic heterocycles. The lowest BCUT2D eigenvalue weighted by molar-refractivity contribution is -0.145. The van der Waals surface area contributed by atoms with Crippen LogP contribution in [0.3, 0.4) is 0 Å². The number of aryl methyl sites for hydroxylation is 1. The summed E-state index contributed by atoms with van der Waals surface area (Å²) in [6.45, 7) is 2.40. The smallest absolute Gasteiger partial charge is 0.326 e. The molecule has 1 unspecified atom stereocenters. The maximum Gasteiger partial charge on any atom is 0.326 e. The molecular formula is C45H57I4N9O21. The quantitative estimate of drug-likeness (QED) is 0.0187. The van der Waals surface area contributed by atoms with Gasteiger partial charge in [-0.25, -0.2) is 9.78 Å². The molecule has 30 nitrogen and oxygen atoms in total. The summed E-state index contributed by atoms with van der Waals surface area (Å²) >= 11 is 9.17. The van der Waals surface area contributed by atoms with E-state index in [1.165, 1.54) is 0 Å². The fraction of sp³-hybridized carbons (Fsp3) is 0.533. The van der Waals surface area contributed by atoms with Gasteiger partial charge in [0.05, 0.1) is 57.5 Å². The Morgan fingerprint density at radius 2 is 0.747 bits per heavy atom. The van der Waals surface area contributed by atoms with Crippen molar-refractivity contribution in [1.29, 1.82) is 0 Å². The molecule has 436 valence electrons. The van der Waals surface area contributed by atoms with Crippen molar-refractivity contribution < 1.29 is 103 Å². The number of nitrogens with zero attached hydrogens (tertiary/aromatic N) is 2. The van der Waals surface area contributed by atoms with Gasteiger partial charge in [0.2, 0.25) is 41.4 Å². The number of hydrogen-bond acceptors (Lipinski definition) is 15. The lowest BCUT2D eigenvalue weighted by atomic mass is 10.1. The minimum atomic E-state index is -2.35. The lowest BCUT2D eigenvalue weighted by Crippen LogP contribution is -2.61. The number of carboxylic acid groups (broad SMARTS) is 7. The van der Waals surface area contributed by atoms with E-state index in [1.807, 2.05) is 26.6 Å². The second kappa shape index (κ2) is 34.4. The third kappa shape index (κ3) is 24.2. The van der Waals surface area contributed by atoms with Gasteiger partial charge in [0.15, 0.2) is 0 Å². The van der Waals surface area contributed by atoms with Crippen molar-refractivity contribution >= 4 is 185 Å². The summed E-state index contributed by atoms with van der Waals surface area (Å²) in [5, 5.41) is 80.3. The van der Waals surface area contributed by atoms with Crippen molar-refractivity contribution in [2.24, 2.45) is 0 Å². The molecule has 7 atom stereocenters. The SMILES string of the molecule is CCCCC(NC(=O)[C@H](CC(=O)O)NC(=O)[C@H](CC(=O)O)NC(=O)[C@H](CC(=O)O)NC(=O)[C@H](CC(=O)O)NC(=O)[C@H](CC(=O)O)NC(=O)[C@@H](CC(=O)O)NC(=O)CCCCCCCn1cnc2c(I)c(I)c(I)c(I)c21)C(=O)O. The lowest BCUT2D eigenvalue weighted by Gasteiger charge is -2.26. The molecule has 7 amide bonds. The predicted octanol–water partition coefficient (Wildman–Crippen LogP) is 0.312. The molecule has 0 saturated heterocycles. The van der Waals surface area contributed by atoms with Gasteiger partial charge in [-0.05, 0) is 110 Å². The molecule has 79 heavy (non-hydrogen) atoms. The minimum absolute atomic E-state index is 0.111. The highest BCUT2D eigenvalue weighted by molar-refractivity contribution is 14.1. The van der Waals surface area contributed by atoms with Crippen LogP contribution in [0.15, 0.2) is 6.33 Å². The first-order valence-corrected chi connectivity index (χ1v) is 28.1. The van der Waals surface area contributed by atoms with Crippen LogP contribution in [-0.2, 0) is 73.7 Å². The first-order chi connectivity index (χ1) is 37.0. The number of unbranched alkanes of at least 4 members (excludes halogenated alkanes) is 5. The summed E-state index contributed by atoms with van der Waals surface area (Å²) in [5.74, 6) is -22.1. The average molecular weight is 1570 g/mol. The van der Waals surface area contributed by atoms with Crippen molar-refractivity contribution in [3.63, 3.8) is 0 Å².